The zero-order valence-electron chi connectivity index (χ0n) is 16.0. The summed E-state index contributed by atoms with van der Waals surface area (Å²) in [4.78, 5) is 2.51. The zero-order valence-corrected chi connectivity index (χ0v) is 16.0. The number of aromatic nitrogens is 3. The van der Waals surface area contributed by atoms with Crippen molar-refractivity contribution in [3.05, 3.63) is 47.9 Å². The van der Waals surface area contributed by atoms with Gasteiger partial charge in [0.15, 0.2) is 17.3 Å². The normalized spacial score (nSPS) is 19.7. The average molecular weight is 380 g/mol. The van der Waals surface area contributed by atoms with E-state index in [0.29, 0.717) is 0 Å². The molecule has 28 heavy (non-hydrogen) atoms. The van der Waals surface area contributed by atoms with Gasteiger partial charge in [-0.25, -0.2) is 0 Å². The molecule has 7 heteroatoms. The number of aryl methyl sites for hydroxylation is 1. The number of benzene rings is 1. The van der Waals surface area contributed by atoms with Crippen LogP contribution in [0.1, 0.15) is 43.0 Å². The molecule has 0 aliphatic carbocycles. The molecule has 5 rings (SSSR count). The SMILES string of the molecule is Cn1cc(CN2CCCCC[C@H]2c2cc(-c3ccc4c(c3)OCO4)on2)cn1. The molecule has 0 amide bonds. The molecule has 1 saturated heterocycles. The first-order valence-corrected chi connectivity index (χ1v) is 9.84. The second kappa shape index (κ2) is 7.31. The van der Waals surface area contributed by atoms with Gasteiger partial charge in [0.1, 0.15) is 5.69 Å². The van der Waals surface area contributed by atoms with Crippen LogP contribution in [0, 0.1) is 0 Å². The second-order valence-corrected chi connectivity index (χ2v) is 7.54. The molecule has 2 aliphatic rings. The number of nitrogens with zero attached hydrogens (tertiary/aromatic N) is 4. The molecule has 1 aromatic carbocycles. The fourth-order valence-electron chi connectivity index (χ4n) is 4.11. The largest absolute Gasteiger partial charge is 0.454 e. The minimum absolute atomic E-state index is 0.259. The van der Waals surface area contributed by atoms with Crippen LogP contribution in [-0.2, 0) is 13.6 Å². The Bertz CT molecular complexity index is 964. The lowest BCUT2D eigenvalue weighted by Gasteiger charge is -2.27. The van der Waals surface area contributed by atoms with E-state index in [1.807, 2.05) is 36.1 Å². The summed E-state index contributed by atoms with van der Waals surface area (Å²) in [6, 6.07) is 8.18. The summed E-state index contributed by atoms with van der Waals surface area (Å²) >= 11 is 0. The zero-order chi connectivity index (χ0) is 18.9. The Morgan fingerprint density at radius 3 is 2.93 bits per heavy atom. The van der Waals surface area contributed by atoms with Crippen molar-refractivity contribution in [1.82, 2.24) is 19.8 Å². The number of hydrogen-bond donors (Lipinski definition) is 0. The molecule has 1 atom stereocenters. The molecule has 2 aliphatic heterocycles. The summed E-state index contributed by atoms with van der Waals surface area (Å²) in [6.07, 6.45) is 8.80. The molecule has 1 fully saturated rings. The van der Waals surface area contributed by atoms with Gasteiger partial charge in [-0.3, -0.25) is 9.58 Å². The Hall–Kier alpha value is -2.80. The van der Waals surface area contributed by atoms with Crippen LogP contribution < -0.4 is 9.47 Å². The predicted molar refractivity (Wildman–Crippen MR) is 103 cm³/mol. The molecule has 0 N–H and O–H groups in total. The Kier molecular flexibility index (Phi) is 4.52. The van der Waals surface area contributed by atoms with Crippen LogP contribution in [0.5, 0.6) is 11.5 Å². The average Bonchev–Trinajstić information content (AvgIpc) is 3.41. The highest BCUT2D eigenvalue weighted by Crippen LogP contribution is 2.37. The van der Waals surface area contributed by atoms with Gasteiger partial charge in [-0.05, 0) is 37.6 Å². The van der Waals surface area contributed by atoms with Gasteiger partial charge in [-0.1, -0.05) is 18.0 Å². The molecule has 146 valence electrons. The molecule has 4 heterocycles. The Balaban J connectivity index is 1.40. The molecular weight excluding hydrogens is 356 g/mol. The highest BCUT2D eigenvalue weighted by Gasteiger charge is 2.26. The molecule has 0 spiro atoms. The highest BCUT2D eigenvalue weighted by atomic mass is 16.7. The van der Waals surface area contributed by atoms with Gasteiger partial charge in [-0.15, -0.1) is 0 Å². The fraction of sp³-hybridized carbons (Fsp3) is 0.429. The quantitative estimate of drug-likeness (QED) is 0.683. The van der Waals surface area contributed by atoms with Crippen LogP contribution >= 0.6 is 0 Å². The van der Waals surface area contributed by atoms with Crippen molar-refractivity contribution >= 4 is 0 Å². The van der Waals surface area contributed by atoms with Crippen LogP contribution in [0.15, 0.2) is 41.2 Å². The van der Waals surface area contributed by atoms with E-state index in [1.54, 1.807) is 0 Å². The van der Waals surface area contributed by atoms with E-state index in [2.05, 4.69) is 27.4 Å². The van der Waals surface area contributed by atoms with Crippen LogP contribution in [0.25, 0.3) is 11.3 Å². The summed E-state index contributed by atoms with van der Waals surface area (Å²) in [5.41, 5.74) is 3.18. The first kappa shape index (κ1) is 17.3. The lowest BCUT2D eigenvalue weighted by molar-refractivity contribution is 0.174. The third-order valence-corrected chi connectivity index (χ3v) is 5.53. The molecule has 0 radical (unpaired) electrons. The topological polar surface area (TPSA) is 65.5 Å². The maximum absolute atomic E-state index is 5.72. The van der Waals surface area contributed by atoms with Gasteiger partial charge in [-0.2, -0.15) is 5.10 Å². The summed E-state index contributed by atoms with van der Waals surface area (Å²) in [5.74, 6) is 2.29. The van der Waals surface area contributed by atoms with Gasteiger partial charge in [0.2, 0.25) is 6.79 Å². The number of ether oxygens (including phenoxy) is 2. The van der Waals surface area contributed by atoms with E-state index in [9.17, 15) is 0 Å². The molecule has 0 unspecified atom stereocenters. The van der Waals surface area contributed by atoms with E-state index in [-0.39, 0.29) is 12.8 Å². The molecule has 7 nitrogen and oxygen atoms in total. The lowest BCUT2D eigenvalue weighted by Crippen LogP contribution is -2.28. The van der Waals surface area contributed by atoms with E-state index < -0.39 is 0 Å². The lowest BCUT2D eigenvalue weighted by atomic mass is 10.0. The Morgan fingerprint density at radius 1 is 1.11 bits per heavy atom. The van der Waals surface area contributed by atoms with Gasteiger partial charge >= 0.3 is 0 Å². The standard InChI is InChI=1S/C21H24N4O3/c1-24-12-15(11-22-24)13-25-8-4-2-3-5-18(25)17-10-20(28-23-17)16-6-7-19-21(9-16)27-14-26-19/h6-7,9-12,18H,2-5,8,13-14H2,1H3/t18-/m0/s1. The van der Waals surface area contributed by atoms with Crippen LogP contribution in [0.4, 0.5) is 0 Å². The van der Waals surface area contributed by atoms with E-state index in [1.165, 1.54) is 24.8 Å². The molecule has 2 aromatic heterocycles. The van der Waals surface area contributed by atoms with Crippen molar-refractivity contribution in [2.24, 2.45) is 7.05 Å². The van der Waals surface area contributed by atoms with E-state index in [0.717, 1.165) is 48.0 Å². The maximum Gasteiger partial charge on any atom is 0.231 e. The van der Waals surface area contributed by atoms with Crippen LogP contribution in [0.3, 0.4) is 0 Å². The van der Waals surface area contributed by atoms with Crippen molar-refractivity contribution in [1.29, 1.82) is 0 Å². The minimum atomic E-state index is 0.259. The van der Waals surface area contributed by atoms with Crippen molar-refractivity contribution in [2.75, 3.05) is 13.3 Å². The fourth-order valence-corrected chi connectivity index (χ4v) is 4.11. The number of fused-ring (bicyclic) bond motifs is 1. The smallest absolute Gasteiger partial charge is 0.231 e. The monoisotopic (exact) mass is 380 g/mol. The first-order chi connectivity index (χ1) is 13.8. The highest BCUT2D eigenvalue weighted by molar-refractivity contribution is 5.63. The molecule has 0 bridgehead atoms. The maximum atomic E-state index is 5.72. The first-order valence-electron chi connectivity index (χ1n) is 9.84. The van der Waals surface area contributed by atoms with Crippen molar-refractivity contribution in [3.63, 3.8) is 0 Å². The number of hydrogen-bond acceptors (Lipinski definition) is 6. The number of rotatable bonds is 4. The summed E-state index contributed by atoms with van der Waals surface area (Å²) in [5, 5.41) is 8.75. The third kappa shape index (κ3) is 3.38. The van der Waals surface area contributed by atoms with Crippen molar-refractivity contribution in [2.45, 2.75) is 38.3 Å². The predicted octanol–water partition coefficient (Wildman–Crippen LogP) is 3.92. The molecular formula is C21H24N4O3. The van der Waals surface area contributed by atoms with E-state index in [4.69, 9.17) is 14.0 Å². The van der Waals surface area contributed by atoms with Crippen molar-refractivity contribution < 1.29 is 14.0 Å². The second-order valence-electron chi connectivity index (χ2n) is 7.54. The van der Waals surface area contributed by atoms with Gasteiger partial charge in [0, 0.05) is 37.0 Å². The minimum Gasteiger partial charge on any atom is -0.454 e. The van der Waals surface area contributed by atoms with Crippen LogP contribution in [0.2, 0.25) is 0 Å². The molecule has 3 aromatic rings. The van der Waals surface area contributed by atoms with Gasteiger partial charge < -0.3 is 14.0 Å². The third-order valence-electron chi connectivity index (χ3n) is 5.53. The summed E-state index contributed by atoms with van der Waals surface area (Å²) < 4.78 is 18.5. The van der Waals surface area contributed by atoms with Gasteiger partial charge in [0.05, 0.1) is 12.2 Å². The van der Waals surface area contributed by atoms with Crippen LogP contribution in [-0.4, -0.2) is 33.2 Å². The van der Waals surface area contributed by atoms with Gasteiger partial charge in [0.25, 0.3) is 0 Å². The Morgan fingerprint density at radius 2 is 2.04 bits per heavy atom. The summed E-state index contributed by atoms with van der Waals surface area (Å²) in [6.45, 7) is 2.21. The molecule has 0 saturated carbocycles. The summed E-state index contributed by atoms with van der Waals surface area (Å²) in [7, 11) is 1.96. The Labute approximate surface area is 163 Å². The van der Waals surface area contributed by atoms with E-state index >= 15 is 0 Å². The number of likely N-dealkylation sites (tertiary alicyclic amines) is 1. The van der Waals surface area contributed by atoms with Crippen molar-refractivity contribution in [3.8, 4) is 22.8 Å².